The molecule has 0 spiro atoms. The minimum atomic E-state index is 0.185. The second kappa shape index (κ2) is 8.98. The molecule has 1 aromatic carbocycles. The van der Waals surface area contributed by atoms with Crippen molar-refractivity contribution < 1.29 is 4.79 Å². The van der Waals surface area contributed by atoms with Crippen molar-refractivity contribution in [3.8, 4) is 0 Å². The van der Waals surface area contributed by atoms with Crippen LogP contribution in [0.2, 0.25) is 0 Å². The molecule has 1 aliphatic rings. The van der Waals surface area contributed by atoms with Crippen LogP contribution >= 0.6 is 11.3 Å². The van der Waals surface area contributed by atoms with E-state index in [9.17, 15) is 4.79 Å². The molecule has 1 atom stereocenters. The topological polar surface area (TPSA) is 42.0 Å². The van der Waals surface area contributed by atoms with E-state index in [0.29, 0.717) is 24.3 Å². The summed E-state index contributed by atoms with van der Waals surface area (Å²) in [6.45, 7) is 6.62. The molecular weight excluding hydrogens is 340 g/mol. The van der Waals surface area contributed by atoms with Crippen molar-refractivity contribution in [3.63, 3.8) is 0 Å². The van der Waals surface area contributed by atoms with E-state index >= 15 is 0 Å². The molecule has 1 aromatic heterocycles. The maximum Gasteiger partial charge on any atom is 0.220 e. The Labute approximate surface area is 161 Å². The summed E-state index contributed by atoms with van der Waals surface area (Å²) in [4.78, 5) is 17.2. The summed E-state index contributed by atoms with van der Waals surface area (Å²) in [6.07, 6.45) is 8.86. The molecule has 0 aliphatic heterocycles. The first-order valence-electron chi connectivity index (χ1n) is 10.3. The zero-order valence-corrected chi connectivity index (χ0v) is 17.2. The van der Waals surface area contributed by atoms with Gasteiger partial charge < -0.3 is 5.32 Å². The molecule has 142 valence electrons. The Morgan fingerprint density at radius 2 is 2.04 bits per heavy atom. The standard InChI is InChI=1S/C22H32N2OS/c1-4-18(16-8-6-5-7-9-16)23-21(25)12-13-22-24-19-11-10-17(15(2)3)14-20(19)26-22/h10-11,14-16,18H,4-9,12-13H2,1-3H3,(H,23,25)/t18-/m1/s1. The third-order valence-corrected chi connectivity index (χ3v) is 6.77. The summed E-state index contributed by atoms with van der Waals surface area (Å²) in [7, 11) is 0. The lowest BCUT2D eigenvalue weighted by atomic mass is 9.83. The van der Waals surface area contributed by atoms with E-state index in [-0.39, 0.29) is 5.91 Å². The van der Waals surface area contributed by atoms with Gasteiger partial charge in [-0.1, -0.05) is 46.1 Å². The van der Waals surface area contributed by atoms with E-state index in [1.54, 1.807) is 11.3 Å². The number of carbonyl (C=O) groups excluding carboxylic acids is 1. The maximum atomic E-state index is 12.5. The Morgan fingerprint density at radius 3 is 2.73 bits per heavy atom. The van der Waals surface area contributed by atoms with Gasteiger partial charge in [-0.2, -0.15) is 0 Å². The van der Waals surface area contributed by atoms with Crippen LogP contribution in [-0.4, -0.2) is 16.9 Å². The van der Waals surface area contributed by atoms with Crippen molar-refractivity contribution in [1.29, 1.82) is 0 Å². The van der Waals surface area contributed by atoms with Gasteiger partial charge in [0.1, 0.15) is 0 Å². The fraction of sp³-hybridized carbons (Fsp3) is 0.636. The van der Waals surface area contributed by atoms with Gasteiger partial charge >= 0.3 is 0 Å². The van der Waals surface area contributed by atoms with Gasteiger partial charge in [0.15, 0.2) is 0 Å². The van der Waals surface area contributed by atoms with E-state index in [1.807, 2.05) is 0 Å². The number of rotatable bonds is 7. The van der Waals surface area contributed by atoms with Crippen molar-refractivity contribution in [1.82, 2.24) is 10.3 Å². The fourth-order valence-corrected chi connectivity index (χ4v) is 5.06. The van der Waals surface area contributed by atoms with Gasteiger partial charge in [0.05, 0.1) is 15.2 Å². The molecule has 3 rings (SSSR count). The number of nitrogens with one attached hydrogen (secondary N) is 1. The van der Waals surface area contributed by atoms with Crippen LogP contribution in [-0.2, 0) is 11.2 Å². The van der Waals surface area contributed by atoms with Gasteiger partial charge in [0.25, 0.3) is 0 Å². The highest BCUT2D eigenvalue weighted by Gasteiger charge is 2.23. The summed E-state index contributed by atoms with van der Waals surface area (Å²) < 4.78 is 1.24. The van der Waals surface area contributed by atoms with Gasteiger partial charge in [-0.25, -0.2) is 4.98 Å². The lowest BCUT2D eigenvalue weighted by molar-refractivity contribution is -0.122. The number of thiazole rings is 1. The fourth-order valence-electron chi connectivity index (χ4n) is 4.04. The molecule has 1 N–H and O–H groups in total. The first-order chi connectivity index (χ1) is 12.6. The Balaban J connectivity index is 1.55. The molecule has 0 unspecified atom stereocenters. The van der Waals surface area contributed by atoms with Crippen LogP contribution in [0.1, 0.15) is 82.2 Å². The second-order valence-electron chi connectivity index (χ2n) is 7.97. The summed E-state index contributed by atoms with van der Waals surface area (Å²) in [5.74, 6) is 1.39. The summed E-state index contributed by atoms with van der Waals surface area (Å²) in [6, 6.07) is 6.88. The van der Waals surface area contributed by atoms with Crippen LogP contribution in [0.15, 0.2) is 18.2 Å². The van der Waals surface area contributed by atoms with Gasteiger partial charge in [0.2, 0.25) is 5.91 Å². The molecule has 1 heterocycles. The number of fused-ring (bicyclic) bond motifs is 1. The van der Waals surface area contributed by atoms with Crippen LogP contribution in [0.3, 0.4) is 0 Å². The van der Waals surface area contributed by atoms with Crippen molar-refractivity contribution in [2.24, 2.45) is 5.92 Å². The lowest BCUT2D eigenvalue weighted by Crippen LogP contribution is -2.40. The van der Waals surface area contributed by atoms with Crippen LogP contribution in [0.25, 0.3) is 10.2 Å². The zero-order chi connectivity index (χ0) is 18.5. The Morgan fingerprint density at radius 1 is 1.27 bits per heavy atom. The highest BCUT2D eigenvalue weighted by atomic mass is 32.1. The molecule has 26 heavy (non-hydrogen) atoms. The largest absolute Gasteiger partial charge is 0.353 e. The molecule has 1 amide bonds. The van der Waals surface area contributed by atoms with Gasteiger partial charge in [0, 0.05) is 18.9 Å². The van der Waals surface area contributed by atoms with Crippen LogP contribution in [0.5, 0.6) is 0 Å². The van der Waals surface area contributed by atoms with E-state index < -0.39 is 0 Å². The van der Waals surface area contributed by atoms with Crippen molar-refractivity contribution >= 4 is 27.5 Å². The Hall–Kier alpha value is -1.42. The molecule has 1 fully saturated rings. The van der Waals surface area contributed by atoms with Gasteiger partial charge in [-0.05, 0) is 48.8 Å². The van der Waals surface area contributed by atoms with Crippen LogP contribution in [0, 0.1) is 5.92 Å². The SMILES string of the molecule is CC[C@@H](NC(=O)CCc1nc2ccc(C(C)C)cc2s1)C1CCCCC1. The highest BCUT2D eigenvalue weighted by molar-refractivity contribution is 7.18. The van der Waals surface area contributed by atoms with E-state index in [1.165, 1.54) is 42.4 Å². The average molecular weight is 373 g/mol. The Bertz CT molecular complexity index is 731. The van der Waals surface area contributed by atoms with Crippen molar-refractivity contribution in [3.05, 3.63) is 28.8 Å². The number of hydrogen-bond acceptors (Lipinski definition) is 3. The van der Waals surface area contributed by atoms with Crippen LogP contribution in [0.4, 0.5) is 0 Å². The third kappa shape index (κ3) is 4.85. The number of benzene rings is 1. The first-order valence-corrected chi connectivity index (χ1v) is 11.1. The van der Waals surface area contributed by atoms with Crippen molar-refractivity contribution in [2.45, 2.75) is 84.1 Å². The quantitative estimate of drug-likeness (QED) is 0.664. The molecule has 0 bridgehead atoms. The molecule has 0 radical (unpaired) electrons. The van der Waals surface area contributed by atoms with Gasteiger partial charge in [-0.3, -0.25) is 4.79 Å². The number of aryl methyl sites for hydroxylation is 1. The van der Waals surface area contributed by atoms with Gasteiger partial charge in [-0.15, -0.1) is 11.3 Å². The smallest absolute Gasteiger partial charge is 0.220 e. The molecular formula is C22H32N2OS. The zero-order valence-electron chi connectivity index (χ0n) is 16.4. The highest BCUT2D eigenvalue weighted by Crippen LogP contribution is 2.28. The molecule has 1 saturated carbocycles. The maximum absolute atomic E-state index is 12.5. The predicted octanol–water partition coefficient (Wildman–Crippen LogP) is 5.83. The van der Waals surface area contributed by atoms with E-state index in [2.05, 4.69) is 44.3 Å². The number of hydrogen-bond donors (Lipinski definition) is 1. The van der Waals surface area contributed by atoms with Crippen LogP contribution < -0.4 is 5.32 Å². The van der Waals surface area contributed by atoms with E-state index in [4.69, 9.17) is 4.98 Å². The lowest BCUT2D eigenvalue weighted by Gasteiger charge is -2.30. The molecule has 1 aliphatic carbocycles. The first kappa shape index (κ1) is 19.3. The predicted molar refractivity (Wildman–Crippen MR) is 111 cm³/mol. The number of amides is 1. The van der Waals surface area contributed by atoms with E-state index in [0.717, 1.165) is 23.4 Å². The monoisotopic (exact) mass is 372 g/mol. The number of nitrogens with zero attached hydrogens (tertiary/aromatic N) is 1. The second-order valence-corrected chi connectivity index (χ2v) is 9.09. The summed E-state index contributed by atoms with van der Waals surface area (Å²) in [5.41, 5.74) is 2.41. The third-order valence-electron chi connectivity index (χ3n) is 5.69. The minimum absolute atomic E-state index is 0.185. The molecule has 0 saturated heterocycles. The molecule has 2 aromatic rings. The minimum Gasteiger partial charge on any atom is -0.353 e. The summed E-state index contributed by atoms with van der Waals surface area (Å²) in [5, 5.41) is 4.37. The number of carbonyl (C=O) groups is 1. The van der Waals surface area contributed by atoms with Crippen molar-refractivity contribution in [2.75, 3.05) is 0 Å². The number of aromatic nitrogens is 1. The molecule has 3 nitrogen and oxygen atoms in total. The average Bonchev–Trinajstić information content (AvgIpc) is 3.07. The summed E-state index contributed by atoms with van der Waals surface area (Å²) >= 11 is 1.73. The molecule has 4 heteroatoms. The normalized spacial score (nSPS) is 16.9. The Kier molecular flexibility index (Phi) is 6.68.